The molecule has 26 heavy (non-hydrogen) atoms. The SMILES string of the molecule is CCCCN1C(=O)C(=O)N(Cc2cc(=O)oc3c(C)c(C)ccc23)C1=O. The van der Waals surface area contributed by atoms with Gasteiger partial charge in [-0.1, -0.05) is 25.5 Å². The Labute approximate surface area is 150 Å². The highest BCUT2D eigenvalue weighted by atomic mass is 16.4. The average Bonchev–Trinajstić information content (AvgIpc) is 2.80. The summed E-state index contributed by atoms with van der Waals surface area (Å²) in [5.41, 5.74) is 2.13. The van der Waals surface area contributed by atoms with Gasteiger partial charge in [-0.2, -0.15) is 0 Å². The molecule has 4 amide bonds. The largest absolute Gasteiger partial charge is 0.422 e. The monoisotopic (exact) mass is 356 g/mol. The van der Waals surface area contributed by atoms with E-state index in [0.717, 1.165) is 27.3 Å². The van der Waals surface area contributed by atoms with Gasteiger partial charge >= 0.3 is 23.5 Å². The second-order valence-corrected chi connectivity index (χ2v) is 6.46. The van der Waals surface area contributed by atoms with Crippen molar-refractivity contribution in [2.45, 2.75) is 40.2 Å². The molecule has 2 heterocycles. The van der Waals surface area contributed by atoms with Crippen molar-refractivity contribution in [3.05, 3.63) is 45.3 Å². The molecule has 0 N–H and O–H groups in total. The number of carbonyl (C=O) groups is 3. The number of unbranched alkanes of at least 4 members (excludes halogenated alkanes) is 1. The molecule has 0 atom stereocenters. The van der Waals surface area contributed by atoms with Crippen LogP contribution in [0.15, 0.2) is 27.4 Å². The number of rotatable bonds is 5. The number of carbonyl (C=O) groups excluding carboxylic acids is 3. The van der Waals surface area contributed by atoms with Crippen LogP contribution in [0.25, 0.3) is 11.0 Å². The Morgan fingerprint density at radius 1 is 1.00 bits per heavy atom. The van der Waals surface area contributed by atoms with Crippen LogP contribution in [0.5, 0.6) is 0 Å². The molecule has 1 aliphatic rings. The van der Waals surface area contributed by atoms with E-state index in [2.05, 4.69) is 0 Å². The molecule has 0 saturated carbocycles. The first-order chi connectivity index (χ1) is 12.3. The zero-order chi connectivity index (χ0) is 19.0. The van der Waals surface area contributed by atoms with Crippen LogP contribution in [-0.2, 0) is 16.1 Å². The molecule has 3 rings (SSSR count). The van der Waals surface area contributed by atoms with E-state index in [1.54, 1.807) is 6.07 Å². The standard InChI is InChI=1S/C19H20N2O5/c1-4-5-8-20-17(23)18(24)21(19(20)25)10-13-9-15(22)26-16-12(3)11(2)6-7-14(13)16/h6-7,9H,4-5,8,10H2,1-3H3. The Kier molecular flexibility index (Phi) is 4.63. The van der Waals surface area contributed by atoms with Crippen LogP contribution in [0.3, 0.4) is 0 Å². The zero-order valence-electron chi connectivity index (χ0n) is 15.0. The molecule has 0 bridgehead atoms. The molecule has 1 aliphatic heterocycles. The first-order valence-electron chi connectivity index (χ1n) is 8.55. The van der Waals surface area contributed by atoms with Crippen molar-refractivity contribution in [1.29, 1.82) is 0 Å². The number of urea groups is 1. The number of nitrogens with zero attached hydrogens (tertiary/aromatic N) is 2. The topological polar surface area (TPSA) is 87.9 Å². The highest BCUT2D eigenvalue weighted by Crippen LogP contribution is 2.25. The number of aryl methyl sites for hydroxylation is 2. The summed E-state index contributed by atoms with van der Waals surface area (Å²) in [5.74, 6) is -1.68. The number of amides is 4. The Balaban J connectivity index is 2.00. The van der Waals surface area contributed by atoms with Gasteiger partial charge in [-0.25, -0.2) is 9.59 Å². The molecule has 136 valence electrons. The maximum Gasteiger partial charge on any atom is 0.336 e. The Bertz CT molecular complexity index is 976. The smallest absolute Gasteiger partial charge is 0.336 e. The second kappa shape index (κ2) is 6.74. The molecule has 1 aromatic heterocycles. The summed E-state index contributed by atoms with van der Waals surface area (Å²) in [4.78, 5) is 50.6. The normalized spacial score (nSPS) is 14.8. The van der Waals surface area contributed by atoms with E-state index in [1.807, 2.05) is 26.8 Å². The summed E-state index contributed by atoms with van der Waals surface area (Å²) >= 11 is 0. The number of benzene rings is 1. The van der Waals surface area contributed by atoms with Gasteiger partial charge in [0, 0.05) is 18.0 Å². The molecule has 1 aromatic carbocycles. The van der Waals surface area contributed by atoms with Gasteiger partial charge in [0.2, 0.25) is 0 Å². The highest BCUT2D eigenvalue weighted by molar-refractivity contribution is 6.44. The fraction of sp³-hybridized carbons (Fsp3) is 0.368. The van der Waals surface area contributed by atoms with Gasteiger partial charge in [0.05, 0.1) is 6.54 Å². The van der Waals surface area contributed by atoms with Crippen LogP contribution in [0, 0.1) is 13.8 Å². The van der Waals surface area contributed by atoms with Gasteiger partial charge in [-0.3, -0.25) is 19.4 Å². The van der Waals surface area contributed by atoms with Crippen molar-refractivity contribution >= 4 is 28.8 Å². The molecule has 7 heteroatoms. The number of hydrogen-bond acceptors (Lipinski definition) is 5. The van der Waals surface area contributed by atoms with Crippen LogP contribution in [0.2, 0.25) is 0 Å². The van der Waals surface area contributed by atoms with E-state index >= 15 is 0 Å². The molecule has 2 aromatic rings. The van der Waals surface area contributed by atoms with E-state index in [9.17, 15) is 19.2 Å². The molecular formula is C19H20N2O5. The number of fused-ring (bicyclic) bond motifs is 1. The van der Waals surface area contributed by atoms with Crippen molar-refractivity contribution in [3.8, 4) is 0 Å². The molecular weight excluding hydrogens is 336 g/mol. The van der Waals surface area contributed by atoms with Crippen molar-refractivity contribution in [2.75, 3.05) is 6.54 Å². The van der Waals surface area contributed by atoms with E-state index < -0.39 is 23.5 Å². The molecule has 0 spiro atoms. The summed E-state index contributed by atoms with van der Waals surface area (Å²) in [6.07, 6.45) is 1.43. The summed E-state index contributed by atoms with van der Waals surface area (Å²) in [5, 5.41) is 0.646. The minimum absolute atomic E-state index is 0.142. The maximum absolute atomic E-state index is 12.5. The third-order valence-electron chi connectivity index (χ3n) is 4.72. The van der Waals surface area contributed by atoms with Crippen LogP contribution in [0.1, 0.15) is 36.5 Å². The van der Waals surface area contributed by atoms with Gasteiger partial charge in [0.15, 0.2) is 0 Å². The van der Waals surface area contributed by atoms with E-state index in [1.165, 1.54) is 6.07 Å². The lowest BCUT2D eigenvalue weighted by atomic mass is 10.0. The number of imide groups is 2. The maximum atomic E-state index is 12.5. The first-order valence-corrected chi connectivity index (χ1v) is 8.55. The minimum Gasteiger partial charge on any atom is -0.422 e. The lowest BCUT2D eigenvalue weighted by molar-refractivity contribution is -0.143. The third kappa shape index (κ3) is 2.89. The highest BCUT2D eigenvalue weighted by Gasteiger charge is 2.44. The fourth-order valence-corrected chi connectivity index (χ4v) is 3.03. The average molecular weight is 356 g/mol. The van der Waals surface area contributed by atoms with Crippen LogP contribution in [-0.4, -0.2) is 34.2 Å². The van der Waals surface area contributed by atoms with Crippen molar-refractivity contribution < 1.29 is 18.8 Å². The van der Waals surface area contributed by atoms with Crippen LogP contribution in [0.4, 0.5) is 4.79 Å². The summed E-state index contributed by atoms with van der Waals surface area (Å²) in [6, 6.07) is 4.29. The van der Waals surface area contributed by atoms with Gasteiger partial charge < -0.3 is 4.42 Å². The van der Waals surface area contributed by atoms with Gasteiger partial charge in [-0.15, -0.1) is 0 Å². The third-order valence-corrected chi connectivity index (χ3v) is 4.72. The second-order valence-electron chi connectivity index (χ2n) is 6.46. The van der Waals surface area contributed by atoms with Crippen molar-refractivity contribution in [1.82, 2.24) is 9.80 Å². The molecule has 0 aliphatic carbocycles. The summed E-state index contributed by atoms with van der Waals surface area (Å²) in [6.45, 7) is 5.75. The molecule has 7 nitrogen and oxygen atoms in total. The molecule has 0 unspecified atom stereocenters. The lowest BCUT2D eigenvalue weighted by Crippen LogP contribution is -2.33. The Morgan fingerprint density at radius 3 is 2.38 bits per heavy atom. The zero-order valence-corrected chi connectivity index (χ0v) is 15.0. The van der Waals surface area contributed by atoms with Crippen LogP contribution >= 0.6 is 0 Å². The number of hydrogen-bond donors (Lipinski definition) is 0. The first kappa shape index (κ1) is 17.8. The lowest BCUT2D eigenvalue weighted by Gasteiger charge is -2.16. The van der Waals surface area contributed by atoms with Gasteiger partial charge in [-0.05, 0) is 37.0 Å². The molecule has 1 fully saturated rings. The fourth-order valence-electron chi connectivity index (χ4n) is 3.03. The summed E-state index contributed by atoms with van der Waals surface area (Å²) < 4.78 is 5.31. The van der Waals surface area contributed by atoms with Crippen molar-refractivity contribution in [3.63, 3.8) is 0 Å². The van der Waals surface area contributed by atoms with Gasteiger partial charge in [0.25, 0.3) is 0 Å². The predicted octanol–water partition coefficient (Wildman–Crippen LogP) is 2.50. The summed E-state index contributed by atoms with van der Waals surface area (Å²) in [7, 11) is 0. The van der Waals surface area contributed by atoms with E-state index in [4.69, 9.17) is 4.42 Å². The Hall–Kier alpha value is -2.96. The minimum atomic E-state index is -0.865. The molecule has 1 saturated heterocycles. The van der Waals surface area contributed by atoms with Crippen molar-refractivity contribution in [2.24, 2.45) is 0 Å². The van der Waals surface area contributed by atoms with Crippen LogP contribution < -0.4 is 5.63 Å². The predicted molar refractivity (Wildman–Crippen MR) is 94.5 cm³/mol. The quantitative estimate of drug-likeness (QED) is 0.467. The van der Waals surface area contributed by atoms with E-state index in [-0.39, 0.29) is 13.1 Å². The van der Waals surface area contributed by atoms with Gasteiger partial charge in [0.1, 0.15) is 5.58 Å². The molecule has 0 radical (unpaired) electrons. The van der Waals surface area contributed by atoms with E-state index in [0.29, 0.717) is 23.0 Å². The Morgan fingerprint density at radius 2 is 1.69 bits per heavy atom.